The minimum atomic E-state index is -3.58. The number of rotatable bonds is 2. The minimum absolute atomic E-state index is 0.0267. The predicted molar refractivity (Wildman–Crippen MR) is 61.8 cm³/mol. The number of anilines is 1. The lowest BCUT2D eigenvalue weighted by Gasteiger charge is -2.34. The van der Waals surface area contributed by atoms with Gasteiger partial charge < -0.3 is 10.5 Å². The van der Waals surface area contributed by atoms with Crippen molar-refractivity contribution in [3.05, 3.63) is 6.20 Å². The molecule has 17 heavy (non-hydrogen) atoms. The van der Waals surface area contributed by atoms with Crippen LogP contribution in [0.3, 0.4) is 0 Å². The van der Waals surface area contributed by atoms with E-state index in [0.717, 1.165) is 0 Å². The van der Waals surface area contributed by atoms with Crippen molar-refractivity contribution >= 4 is 15.8 Å². The van der Waals surface area contributed by atoms with Crippen LogP contribution in [0.5, 0.6) is 0 Å². The molecule has 0 unspecified atom stereocenters. The van der Waals surface area contributed by atoms with Crippen LogP contribution < -0.4 is 5.73 Å². The van der Waals surface area contributed by atoms with Gasteiger partial charge in [0.15, 0.2) is 0 Å². The summed E-state index contributed by atoms with van der Waals surface area (Å²) in [6.07, 6.45) is 0.985. The van der Waals surface area contributed by atoms with E-state index in [4.69, 9.17) is 10.5 Å². The highest BCUT2D eigenvalue weighted by atomic mass is 32.2. The topological polar surface area (TPSA) is 101 Å². The second-order valence-electron chi connectivity index (χ2n) is 4.23. The van der Waals surface area contributed by atoms with Crippen molar-refractivity contribution in [2.24, 2.45) is 0 Å². The Balaban J connectivity index is 2.30. The van der Waals surface area contributed by atoms with Gasteiger partial charge in [-0.25, -0.2) is 8.42 Å². The van der Waals surface area contributed by atoms with Crippen LogP contribution in [0.25, 0.3) is 0 Å². The van der Waals surface area contributed by atoms with E-state index < -0.39 is 10.0 Å². The van der Waals surface area contributed by atoms with E-state index in [2.05, 4.69) is 10.2 Å². The van der Waals surface area contributed by atoms with Gasteiger partial charge in [0, 0.05) is 13.1 Å². The molecule has 1 aromatic rings. The Morgan fingerprint density at radius 1 is 1.47 bits per heavy atom. The van der Waals surface area contributed by atoms with Gasteiger partial charge >= 0.3 is 0 Å². The smallest absolute Gasteiger partial charge is 0.248 e. The lowest BCUT2D eigenvalue weighted by Crippen LogP contribution is -2.48. The van der Waals surface area contributed by atoms with Crippen molar-refractivity contribution in [2.75, 3.05) is 18.8 Å². The van der Waals surface area contributed by atoms with Crippen LogP contribution in [0.4, 0.5) is 5.82 Å². The number of ether oxygens (including phenoxy) is 1. The molecule has 7 nitrogen and oxygen atoms in total. The fourth-order valence-corrected chi connectivity index (χ4v) is 3.56. The van der Waals surface area contributed by atoms with Crippen molar-refractivity contribution in [1.82, 2.24) is 14.5 Å². The van der Waals surface area contributed by atoms with Gasteiger partial charge in [0.1, 0.15) is 10.7 Å². The number of nitrogens with two attached hydrogens (primary N) is 1. The molecule has 2 heterocycles. The number of aromatic nitrogens is 2. The van der Waals surface area contributed by atoms with Gasteiger partial charge in [0.2, 0.25) is 10.0 Å². The predicted octanol–water partition coefficient (Wildman–Crippen LogP) is -0.210. The molecule has 0 saturated carbocycles. The van der Waals surface area contributed by atoms with E-state index in [-0.39, 0.29) is 22.9 Å². The summed E-state index contributed by atoms with van der Waals surface area (Å²) in [5, 5.41) is 6.06. The van der Waals surface area contributed by atoms with Crippen LogP contribution in [0.15, 0.2) is 11.1 Å². The third-order valence-electron chi connectivity index (χ3n) is 2.64. The van der Waals surface area contributed by atoms with Gasteiger partial charge in [-0.15, -0.1) is 0 Å². The second kappa shape index (κ2) is 4.28. The standard InChI is InChI=1S/C9H16N4O3S/c1-6-4-13(5-7(2)16-6)17(14,15)8-3-11-12-9(8)10/h3,6-7H,4-5H2,1-2H3,(H3,10,11,12)/t6-,7+. The lowest BCUT2D eigenvalue weighted by atomic mass is 10.3. The largest absolute Gasteiger partial charge is 0.383 e. The van der Waals surface area contributed by atoms with Gasteiger partial charge in [-0.2, -0.15) is 9.40 Å². The average molecular weight is 260 g/mol. The number of hydrogen-bond acceptors (Lipinski definition) is 5. The fourth-order valence-electron chi connectivity index (χ4n) is 1.96. The Morgan fingerprint density at radius 3 is 2.53 bits per heavy atom. The first-order chi connectivity index (χ1) is 7.91. The molecule has 2 atom stereocenters. The van der Waals surface area contributed by atoms with Crippen molar-refractivity contribution in [3.8, 4) is 0 Å². The van der Waals surface area contributed by atoms with E-state index in [0.29, 0.717) is 13.1 Å². The van der Waals surface area contributed by atoms with Crippen molar-refractivity contribution < 1.29 is 13.2 Å². The quantitative estimate of drug-likeness (QED) is 0.766. The molecule has 8 heteroatoms. The van der Waals surface area contributed by atoms with Crippen LogP contribution in [-0.4, -0.2) is 48.2 Å². The molecule has 1 saturated heterocycles. The number of morpholine rings is 1. The highest BCUT2D eigenvalue weighted by molar-refractivity contribution is 7.89. The van der Waals surface area contributed by atoms with Crippen molar-refractivity contribution in [3.63, 3.8) is 0 Å². The Hall–Kier alpha value is -1.12. The van der Waals surface area contributed by atoms with E-state index in [1.807, 2.05) is 13.8 Å². The maximum absolute atomic E-state index is 12.3. The normalized spacial score (nSPS) is 27.2. The molecule has 0 bridgehead atoms. The number of nitrogen functional groups attached to an aromatic ring is 1. The number of aromatic amines is 1. The first kappa shape index (κ1) is 12.3. The molecule has 1 aliphatic heterocycles. The highest BCUT2D eigenvalue weighted by Crippen LogP contribution is 2.23. The zero-order valence-electron chi connectivity index (χ0n) is 9.75. The SMILES string of the molecule is C[C@@H]1CN(S(=O)(=O)c2cn[nH]c2N)C[C@H](C)O1. The van der Waals surface area contributed by atoms with Crippen molar-refractivity contribution in [2.45, 2.75) is 31.0 Å². The summed E-state index contributed by atoms with van der Waals surface area (Å²) >= 11 is 0. The first-order valence-corrected chi connectivity index (χ1v) is 6.79. The summed E-state index contributed by atoms with van der Waals surface area (Å²) in [6.45, 7) is 4.35. The molecular formula is C9H16N4O3S. The highest BCUT2D eigenvalue weighted by Gasteiger charge is 2.33. The number of hydrogen-bond donors (Lipinski definition) is 2. The number of sulfonamides is 1. The fraction of sp³-hybridized carbons (Fsp3) is 0.667. The lowest BCUT2D eigenvalue weighted by molar-refractivity contribution is -0.0440. The third-order valence-corrected chi connectivity index (χ3v) is 4.50. The Bertz CT molecular complexity index is 488. The summed E-state index contributed by atoms with van der Waals surface area (Å²) < 4.78 is 31.5. The molecule has 2 rings (SSSR count). The van der Waals surface area contributed by atoms with Crippen LogP contribution >= 0.6 is 0 Å². The molecule has 1 fully saturated rings. The summed E-state index contributed by atoms with van der Waals surface area (Å²) in [4.78, 5) is 0.0267. The molecule has 3 N–H and O–H groups in total. The molecule has 1 aliphatic rings. The van der Waals surface area contributed by atoms with Gasteiger partial charge in [-0.05, 0) is 13.8 Å². The molecule has 0 radical (unpaired) electrons. The molecule has 0 aromatic carbocycles. The number of H-pyrrole nitrogens is 1. The van der Waals surface area contributed by atoms with Crippen LogP contribution in [0.1, 0.15) is 13.8 Å². The van der Waals surface area contributed by atoms with Gasteiger partial charge in [0.25, 0.3) is 0 Å². The van der Waals surface area contributed by atoms with Crippen LogP contribution in [0.2, 0.25) is 0 Å². The first-order valence-electron chi connectivity index (χ1n) is 5.35. The van der Waals surface area contributed by atoms with Gasteiger partial charge in [-0.3, -0.25) is 5.10 Å². The zero-order chi connectivity index (χ0) is 12.6. The minimum Gasteiger partial charge on any atom is -0.383 e. The summed E-state index contributed by atoms with van der Waals surface area (Å²) in [5.41, 5.74) is 5.55. The summed E-state index contributed by atoms with van der Waals surface area (Å²) in [5.74, 6) is 0.0665. The molecule has 0 amide bonds. The molecular weight excluding hydrogens is 244 g/mol. The van der Waals surface area contributed by atoms with Crippen LogP contribution in [-0.2, 0) is 14.8 Å². The average Bonchev–Trinajstić information content (AvgIpc) is 2.63. The van der Waals surface area contributed by atoms with Gasteiger partial charge in [0.05, 0.1) is 18.4 Å². The molecule has 1 aromatic heterocycles. The Morgan fingerprint density at radius 2 is 2.06 bits per heavy atom. The Kier molecular flexibility index (Phi) is 3.11. The summed E-state index contributed by atoms with van der Waals surface area (Å²) in [6, 6.07) is 0. The number of nitrogens with zero attached hydrogens (tertiary/aromatic N) is 2. The van der Waals surface area contributed by atoms with E-state index in [9.17, 15) is 8.42 Å². The third kappa shape index (κ3) is 2.28. The van der Waals surface area contributed by atoms with Crippen molar-refractivity contribution in [1.29, 1.82) is 0 Å². The van der Waals surface area contributed by atoms with Crippen LogP contribution in [0, 0.1) is 0 Å². The van der Waals surface area contributed by atoms with Gasteiger partial charge in [-0.1, -0.05) is 0 Å². The monoisotopic (exact) mass is 260 g/mol. The maximum atomic E-state index is 12.3. The maximum Gasteiger partial charge on any atom is 0.248 e. The van der Waals surface area contributed by atoms with E-state index in [1.165, 1.54) is 10.5 Å². The molecule has 0 spiro atoms. The molecule has 96 valence electrons. The Labute approximate surface area is 100.0 Å². The molecule has 0 aliphatic carbocycles. The zero-order valence-corrected chi connectivity index (χ0v) is 10.6. The van der Waals surface area contributed by atoms with E-state index in [1.54, 1.807) is 0 Å². The second-order valence-corrected chi connectivity index (χ2v) is 6.13. The summed E-state index contributed by atoms with van der Waals surface area (Å²) in [7, 11) is -3.58. The van der Waals surface area contributed by atoms with E-state index >= 15 is 0 Å². The number of nitrogens with one attached hydrogen (secondary N) is 1.